The van der Waals surface area contributed by atoms with Crippen LogP contribution in [0.1, 0.15) is 39.0 Å². The van der Waals surface area contributed by atoms with E-state index in [-0.39, 0.29) is 11.9 Å². The molecule has 1 amide bonds. The van der Waals surface area contributed by atoms with Gasteiger partial charge in [-0.05, 0) is 32.1 Å². The molecule has 0 aromatic heterocycles. The summed E-state index contributed by atoms with van der Waals surface area (Å²) in [5.41, 5.74) is 5.69. The van der Waals surface area contributed by atoms with Crippen LogP contribution in [0.25, 0.3) is 0 Å². The monoisotopic (exact) mass is 210 g/mol. The molecule has 3 heteroatoms. The molecule has 0 aromatic carbocycles. The van der Waals surface area contributed by atoms with E-state index in [4.69, 9.17) is 5.73 Å². The van der Waals surface area contributed by atoms with Crippen molar-refractivity contribution in [2.24, 2.45) is 11.7 Å². The highest BCUT2D eigenvalue weighted by molar-refractivity contribution is 5.81. The van der Waals surface area contributed by atoms with Gasteiger partial charge < -0.3 is 11.1 Å². The number of carbonyl (C=O) groups excluding carboxylic acids is 1. The predicted octanol–water partition coefficient (Wildman–Crippen LogP) is 1.58. The fourth-order valence-corrected chi connectivity index (χ4v) is 2.19. The molecule has 0 saturated heterocycles. The average Bonchev–Trinajstić information content (AvgIpc) is 2.70. The molecule has 0 radical (unpaired) electrons. The summed E-state index contributed by atoms with van der Waals surface area (Å²) in [5, 5.41) is 2.99. The van der Waals surface area contributed by atoms with Crippen LogP contribution in [-0.2, 0) is 4.79 Å². The van der Waals surface area contributed by atoms with Crippen molar-refractivity contribution < 1.29 is 4.79 Å². The van der Waals surface area contributed by atoms with Crippen molar-refractivity contribution >= 4 is 5.91 Å². The lowest BCUT2D eigenvalue weighted by Gasteiger charge is -2.22. The van der Waals surface area contributed by atoms with Gasteiger partial charge in [-0.15, -0.1) is 6.58 Å². The van der Waals surface area contributed by atoms with Crippen molar-refractivity contribution in [2.45, 2.75) is 51.1 Å². The molecule has 1 aliphatic carbocycles. The van der Waals surface area contributed by atoms with Gasteiger partial charge in [-0.3, -0.25) is 4.79 Å². The minimum Gasteiger partial charge on any atom is -0.352 e. The van der Waals surface area contributed by atoms with Gasteiger partial charge in [-0.25, -0.2) is 0 Å². The maximum absolute atomic E-state index is 11.6. The van der Waals surface area contributed by atoms with E-state index in [0.29, 0.717) is 12.3 Å². The summed E-state index contributed by atoms with van der Waals surface area (Å²) >= 11 is 0. The first-order chi connectivity index (χ1) is 7.15. The topological polar surface area (TPSA) is 55.1 Å². The first-order valence-corrected chi connectivity index (χ1v) is 5.82. The summed E-state index contributed by atoms with van der Waals surface area (Å²) in [4.78, 5) is 11.6. The van der Waals surface area contributed by atoms with Crippen LogP contribution in [-0.4, -0.2) is 18.0 Å². The highest BCUT2D eigenvalue weighted by Crippen LogP contribution is 2.27. The second-order valence-corrected chi connectivity index (χ2v) is 4.47. The van der Waals surface area contributed by atoms with Crippen LogP contribution in [0.15, 0.2) is 12.7 Å². The highest BCUT2D eigenvalue weighted by atomic mass is 16.2. The fourth-order valence-electron chi connectivity index (χ4n) is 2.19. The second-order valence-electron chi connectivity index (χ2n) is 4.47. The van der Waals surface area contributed by atoms with Crippen molar-refractivity contribution in [2.75, 3.05) is 0 Å². The zero-order valence-electron chi connectivity index (χ0n) is 9.54. The van der Waals surface area contributed by atoms with E-state index in [1.807, 2.05) is 0 Å². The Hall–Kier alpha value is -0.830. The number of amides is 1. The molecule has 0 aliphatic heterocycles. The maximum Gasteiger partial charge on any atom is 0.237 e. The number of carbonyl (C=O) groups is 1. The molecule has 1 saturated carbocycles. The summed E-state index contributed by atoms with van der Waals surface area (Å²) < 4.78 is 0. The molecule has 0 spiro atoms. The van der Waals surface area contributed by atoms with Gasteiger partial charge in [0.1, 0.15) is 0 Å². The standard InChI is InChI=1S/C12H22N2O/c1-3-6-11(13)12(15)14-9(2)10-7-4-5-8-10/h3,9-11H,1,4-8,13H2,2H3,(H,14,15)/t9-,11?/m1/s1. The van der Waals surface area contributed by atoms with Crippen LogP contribution >= 0.6 is 0 Å². The third-order valence-corrected chi connectivity index (χ3v) is 3.23. The van der Waals surface area contributed by atoms with E-state index < -0.39 is 6.04 Å². The summed E-state index contributed by atoms with van der Waals surface area (Å²) in [7, 11) is 0. The van der Waals surface area contributed by atoms with Crippen molar-refractivity contribution in [1.82, 2.24) is 5.32 Å². The molecule has 1 rings (SSSR count). The molecule has 3 N–H and O–H groups in total. The Labute approximate surface area is 92.1 Å². The molecule has 15 heavy (non-hydrogen) atoms. The fraction of sp³-hybridized carbons (Fsp3) is 0.750. The summed E-state index contributed by atoms with van der Waals surface area (Å²) in [5.74, 6) is 0.596. The third-order valence-electron chi connectivity index (χ3n) is 3.23. The lowest BCUT2D eigenvalue weighted by Crippen LogP contribution is -2.46. The lowest BCUT2D eigenvalue weighted by atomic mass is 9.99. The molecule has 0 aromatic rings. The van der Waals surface area contributed by atoms with E-state index in [1.165, 1.54) is 25.7 Å². The molecule has 1 fully saturated rings. The Morgan fingerprint density at radius 3 is 2.73 bits per heavy atom. The van der Waals surface area contributed by atoms with Gasteiger partial charge in [-0.2, -0.15) is 0 Å². The van der Waals surface area contributed by atoms with Crippen LogP contribution in [0.4, 0.5) is 0 Å². The van der Waals surface area contributed by atoms with Crippen LogP contribution in [0, 0.1) is 5.92 Å². The van der Waals surface area contributed by atoms with Crippen molar-refractivity contribution in [3.63, 3.8) is 0 Å². The minimum atomic E-state index is -0.439. The first-order valence-electron chi connectivity index (χ1n) is 5.82. The molecule has 0 heterocycles. The summed E-state index contributed by atoms with van der Waals surface area (Å²) in [6.45, 7) is 5.66. The van der Waals surface area contributed by atoms with E-state index in [0.717, 1.165) is 0 Å². The molecular weight excluding hydrogens is 188 g/mol. The van der Waals surface area contributed by atoms with Crippen LogP contribution in [0.2, 0.25) is 0 Å². The quantitative estimate of drug-likeness (QED) is 0.677. The van der Waals surface area contributed by atoms with Crippen molar-refractivity contribution in [1.29, 1.82) is 0 Å². The van der Waals surface area contributed by atoms with Gasteiger partial charge in [0.15, 0.2) is 0 Å². The number of hydrogen-bond acceptors (Lipinski definition) is 2. The molecule has 1 aliphatic rings. The summed E-state index contributed by atoms with van der Waals surface area (Å²) in [6, 6.07) is -0.179. The van der Waals surface area contributed by atoms with E-state index in [9.17, 15) is 4.79 Å². The lowest BCUT2D eigenvalue weighted by molar-refractivity contribution is -0.123. The SMILES string of the molecule is C=CCC(N)C(=O)N[C@H](C)C1CCCC1. The van der Waals surface area contributed by atoms with Crippen molar-refractivity contribution in [3.05, 3.63) is 12.7 Å². The first kappa shape index (κ1) is 12.2. The van der Waals surface area contributed by atoms with Crippen LogP contribution in [0.3, 0.4) is 0 Å². The smallest absolute Gasteiger partial charge is 0.237 e. The predicted molar refractivity (Wildman–Crippen MR) is 62.4 cm³/mol. The van der Waals surface area contributed by atoms with Gasteiger partial charge in [0.2, 0.25) is 5.91 Å². The minimum absolute atomic E-state index is 0.0469. The second kappa shape index (κ2) is 5.91. The third kappa shape index (κ3) is 3.67. The van der Waals surface area contributed by atoms with Gasteiger partial charge in [0, 0.05) is 6.04 Å². The molecule has 2 atom stereocenters. The largest absolute Gasteiger partial charge is 0.352 e. The zero-order chi connectivity index (χ0) is 11.3. The van der Waals surface area contributed by atoms with Gasteiger partial charge in [0.05, 0.1) is 6.04 Å². The Bertz CT molecular complexity index is 222. The molecule has 1 unspecified atom stereocenters. The van der Waals surface area contributed by atoms with Crippen LogP contribution in [0.5, 0.6) is 0 Å². The van der Waals surface area contributed by atoms with Gasteiger partial charge in [-0.1, -0.05) is 18.9 Å². The molecule has 3 nitrogen and oxygen atoms in total. The Morgan fingerprint density at radius 1 is 1.60 bits per heavy atom. The number of rotatable bonds is 5. The average molecular weight is 210 g/mol. The van der Waals surface area contributed by atoms with Gasteiger partial charge in [0.25, 0.3) is 0 Å². The highest BCUT2D eigenvalue weighted by Gasteiger charge is 2.24. The molecular formula is C12H22N2O. The molecule has 86 valence electrons. The Balaban J connectivity index is 2.32. The Kier molecular flexibility index (Phi) is 4.82. The zero-order valence-corrected chi connectivity index (χ0v) is 9.54. The van der Waals surface area contributed by atoms with Gasteiger partial charge >= 0.3 is 0 Å². The Morgan fingerprint density at radius 2 is 2.20 bits per heavy atom. The molecule has 0 bridgehead atoms. The van der Waals surface area contributed by atoms with Crippen molar-refractivity contribution in [3.8, 4) is 0 Å². The van der Waals surface area contributed by atoms with Crippen LogP contribution < -0.4 is 11.1 Å². The normalized spacial score (nSPS) is 20.9. The maximum atomic E-state index is 11.6. The van der Waals surface area contributed by atoms with E-state index in [1.54, 1.807) is 6.08 Å². The number of nitrogens with two attached hydrogens (primary N) is 1. The summed E-state index contributed by atoms with van der Waals surface area (Å²) in [6.07, 6.45) is 7.29. The van der Waals surface area contributed by atoms with E-state index >= 15 is 0 Å². The number of hydrogen-bond donors (Lipinski definition) is 2. The number of nitrogens with one attached hydrogen (secondary N) is 1. The van der Waals surface area contributed by atoms with E-state index in [2.05, 4.69) is 18.8 Å².